The van der Waals surface area contributed by atoms with E-state index in [1.165, 1.54) is 11.8 Å². The molecule has 0 saturated carbocycles. The molecule has 0 aliphatic rings. The highest BCUT2D eigenvalue weighted by molar-refractivity contribution is 7.99. The van der Waals surface area contributed by atoms with Crippen LogP contribution in [-0.2, 0) is 11.2 Å². The highest BCUT2D eigenvalue weighted by atomic mass is 32.2. The summed E-state index contributed by atoms with van der Waals surface area (Å²) in [4.78, 5) is 12.6. The van der Waals surface area contributed by atoms with Gasteiger partial charge in [-0.15, -0.1) is 10.2 Å². The van der Waals surface area contributed by atoms with Gasteiger partial charge in [0.1, 0.15) is 5.82 Å². The number of hydrogen-bond acceptors (Lipinski definition) is 4. The molecule has 0 bridgehead atoms. The number of carbonyl (C=O) groups excluding carboxylic acids is 1. The molecular formula is C26H26N4OS. The van der Waals surface area contributed by atoms with Gasteiger partial charge in [-0.05, 0) is 67.3 Å². The molecule has 0 spiro atoms. The number of rotatable bonds is 7. The van der Waals surface area contributed by atoms with Crippen molar-refractivity contribution in [3.8, 4) is 5.69 Å². The van der Waals surface area contributed by atoms with E-state index in [1.807, 2.05) is 56.3 Å². The lowest BCUT2D eigenvalue weighted by molar-refractivity contribution is -0.113. The molecule has 162 valence electrons. The zero-order valence-corrected chi connectivity index (χ0v) is 19.3. The van der Waals surface area contributed by atoms with Crippen molar-refractivity contribution >= 4 is 23.4 Å². The van der Waals surface area contributed by atoms with Crippen LogP contribution in [0.4, 0.5) is 5.69 Å². The molecule has 4 rings (SSSR count). The molecule has 0 aliphatic heterocycles. The summed E-state index contributed by atoms with van der Waals surface area (Å²) in [6, 6.07) is 24.5. The largest absolute Gasteiger partial charge is 0.325 e. The van der Waals surface area contributed by atoms with Gasteiger partial charge >= 0.3 is 0 Å². The van der Waals surface area contributed by atoms with Crippen LogP contribution in [-0.4, -0.2) is 26.4 Å². The lowest BCUT2D eigenvalue weighted by Crippen LogP contribution is -2.15. The predicted molar refractivity (Wildman–Crippen MR) is 131 cm³/mol. The Hall–Kier alpha value is -3.38. The second-order valence-corrected chi connectivity index (χ2v) is 8.89. The Morgan fingerprint density at radius 2 is 1.62 bits per heavy atom. The Bertz CT molecular complexity index is 1210. The monoisotopic (exact) mass is 442 g/mol. The highest BCUT2D eigenvalue weighted by Crippen LogP contribution is 2.24. The summed E-state index contributed by atoms with van der Waals surface area (Å²) in [5, 5.41) is 12.6. The van der Waals surface area contributed by atoms with Crippen LogP contribution >= 0.6 is 11.8 Å². The van der Waals surface area contributed by atoms with Crippen molar-refractivity contribution in [2.75, 3.05) is 11.1 Å². The number of benzene rings is 3. The number of anilines is 1. The van der Waals surface area contributed by atoms with Crippen LogP contribution in [0.3, 0.4) is 0 Å². The van der Waals surface area contributed by atoms with E-state index in [4.69, 9.17) is 0 Å². The zero-order valence-electron chi connectivity index (χ0n) is 18.5. The highest BCUT2D eigenvalue weighted by Gasteiger charge is 2.16. The minimum Gasteiger partial charge on any atom is -0.325 e. The smallest absolute Gasteiger partial charge is 0.234 e. The van der Waals surface area contributed by atoms with E-state index in [0.717, 1.165) is 39.5 Å². The van der Waals surface area contributed by atoms with Crippen LogP contribution in [0.25, 0.3) is 5.69 Å². The second-order valence-electron chi connectivity index (χ2n) is 7.95. The molecule has 0 aliphatic carbocycles. The van der Waals surface area contributed by atoms with Crippen molar-refractivity contribution in [2.45, 2.75) is 32.3 Å². The Morgan fingerprint density at radius 1 is 0.875 bits per heavy atom. The SMILES string of the molecule is Cc1cc(C)cc(NC(=O)CSc2nnc(Cc3ccccc3)n2-c2cccc(C)c2)c1. The zero-order chi connectivity index (χ0) is 22.5. The summed E-state index contributed by atoms with van der Waals surface area (Å²) in [6.07, 6.45) is 0.664. The number of aryl methyl sites for hydroxylation is 3. The standard InChI is InChI=1S/C26H26N4OS/c1-18-8-7-11-23(15-18)30-24(16-21-9-5-4-6-10-21)28-29-26(30)32-17-25(31)27-22-13-19(2)12-20(3)14-22/h4-15H,16-17H2,1-3H3,(H,27,31). The van der Waals surface area contributed by atoms with Gasteiger partial charge in [0.2, 0.25) is 5.91 Å². The Labute approximate surface area is 192 Å². The van der Waals surface area contributed by atoms with Gasteiger partial charge in [-0.1, -0.05) is 60.3 Å². The van der Waals surface area contributed by atoms with Gasteiger partial charge < -0.3 is 5.32 Å². The van der Waals surface area contributed by atoms with Gasteiger partial charge in [0.25, 0.3) is 0 Å². The third kappa shape index (κ3) is 5.45. The first-order valence-corrected chi connectivity index (χ1v) is 11.5. The molecule has 0 unspecified atom stereocenters. The molecule has 0 fully saturated rings. The van der Waals surface area contributed by atoms with Crippen LogP contribution in [0.5, 0.6) is 0 Å². The van der Waals surface area contributed by atoms with Crippen molar-refractivity contribution in [2.24, 2.45) is 0 Å². The average molecular weight is 443 g/mol. The fourth-order valence-electron chi connectivity index (χ4n) is 3.69. The fourth-order valence-corrected chi connectivity index (χ4v) is 4.46. The van der Waals surface area contributed by atoms with Gasteiger partial charge in [-0.3, -0.25) is 9.36 Å². The number of thioether (sulfide) groups is 1. The van der Waals surface area contributed by atoms with Crippen molar-refractivity contribution in [3.05, 3.63) is 101 Å². The molecule has 0 radical (unpaired) electrons. The minimum absolute atomic E-state index is 0.0663. The van der Waals surface area contributed by atoms with Gasteiger partial charge in [0, 0.05) is 17.8 Å². The minimum atomic E-state index is -0.0663. The first-order valence-electron chi connectivity index (χ1n) is 10.5. The molecule has 0 atom stereocenters. The van der Waals surface area contributed by atoms with Gasteiger partial charge in [-0.2, -0.15) is 0 Å². The third-order valence-electron chi connectivity index (χ3n) is 5.00. The van der Waals surface area contributed by atoms with Gasteiger partial charge in [0.05, 0.1) is 5.75 Å². The summed E-state index contributed by atoms with van der Waals surface area (Å²) in [5.74, 6) is 1.03. The maximum Gasteiger partial charge on any atom is 0.234 e. The summed E-state index contributed by atoms with van der Waals surface area (Å²) < 4.78 is 2.05. The van der Waals surface area contributed by atoms with Gasteiger partial charge in [-0.25, -0.2) is 0 Å². The van der Waals surface area contributed by atoms with E-state index in [0.29, 0.717) is 11.6 Å². The lowest BCUT2D eigenvalue weighted by Gasteiger charge is -2.11. The lowest BCUT2D eigenvalue weighted by atomic mass is 10.1. The first-order chi connectivity index (χ1) is 15.5. The summed E-state index contributed by atoms with van der Waals surface area (Å²) in [6.45, 7) is 6.11. The molecule has 1 amide bonds. The predicted octanol–water partition coefficient (Wildman–Crippen LogP) is 5.51. The normalized spacial score (nSPS) is 10.8. The number of nitrogens with zero attached hydrogens (tertiary/aromatic N) is 3. The van der Waals surface area contributed by atoms with Crippen molar-refractivity contribution in [3.63, 3.8) is 0 Å². The van der Waals surface area contributed by atoms with E-state index in [2.05, 4.69) is 57.3 Å². The summed E-state index contributed by atoms with van der Waals surface area (Å²) >= 11 is 1.39. The number of carbonyl (C=O) groups is 1. The Kier molecular flexibility index (Phi) is 6.71. The van der Waals surface area contributed by atoms with Crippen molar-refractivity contribution < 1.29 is 4.79 Å². The summed E-state index contributed by atoms with van der Waals surface area (Å²) in [7, 11) is 0. The molecule has 5 nitrogen and oxygen atoms in total. The molecule has 4 aromatic rings. The Morgan fingerprint density at radius 3 is 2.34 bits per heavy atom. The van der Waals surface area contributed by atoms with Gasteiger partial charge in [0.15, 0.2) is 5.16 Å². The quantitative estimate of drug-likeness (QED) is 0.383. The maximum atomic E-state index is 12.6. The topological polar surface area (TPSA) is 59.8 Å². The molecular weight excluding hydrogens is 416 g/mol. The molecule has 3 aromatic carbocycles. The Balaban J connectivity index is 1.55. The number of hydrogen-bond donors (Lipinski definition) is 1. The van der Waals surface area contributed by atoms with E-state index < -0.39 is 0 Å². The van der Waals surface area contributed by atoms with E-state index in [9.17, 15) is 4.79 Å². The maximum absolute atomic E-state index is 12.6. The molecule has 1 aromatic heterocycles. The second kappa shape index (κ2) is 9.83. The fraction of sp³-hybridized carbons (Fsp3) is 0.192. The molecule has 6 heteroatoms. The molecule has 0 saturated heterocycles. The van der Waals surface area contributed by atoms with Crippen LogP contribution in [0.2, 0.25) is 0 Å². The van der Waals surface area contributed by atoms with Crippen molar-refractivity contribution in [1.29, 1.82) is 0 Å². The van der Waals surface area contributed by atoms with Crippen LogP contribution in [0.1, 0.15) is 28.1 Å². The van der Waals surface area contributed by atoms with E-state index >= 15 is 0 Å². The van der Waals surface area contributed by atoms with Crippen molar-refractivity contribution in [1.82, 2.24) is 14.8 Å². The molecule has 32 heavy (non-hydrogen) atoms. The average Bonchev–Trinajstić information content (AvgIpc) is 3.14. The number of aromatic nitrogens is 3. The van der Waals surface area contributed by atoms with E-state index in [1.54, 1.807) is 0 Å². The third-order valence-corrected chi connectivity index (χ3v) is 5.93. The molecule has 1 heterocycles. The molecule has 1 N–H and O–H groups in total. The van der Waals surface area contributed by atoms with Crippen LogP contribution in [0, 0.1) is 20.8 Å². The number of nitrogens with one attached hydrogen (secondary N) is 1. The summed E-state index contributed by atoms with van der Waals surface area (Å²) in [5.41, 5.74) is 6.38. The number of amides is 1. The van der Waals surface area contributed by atoms with Crippen LogP contribution < -0.4 is 5.32 Å². The first kappa shape index (κ1) is 21.8. The van der Waals surface area contributed by atoms with E-state index in [-0.39, 0.29) is 11.7 Å². The van der Waals surface area contributed by atoms with Crippen LogP contribution in [0.15, 0.2) is 78.0 Å².